The summed E-state index contributed by atoms with van der Waals surface area (Å²) in [4.78, 5) is 2.57. The Morgan fingerprint density at radius 3 is 2.12 bits per heavy atom. The molecule has 140 valence electrons. The SMILES string of the molecule is CCCCC(C)N(CC)CCNc1ccc(C)cc1.CCCNC. The lowest BCUT2D eigenvalue weighted by Gasteiger charge is -2.28. The van der Waals surface area contributed by atoms with E-state index in [-0.39, 0.29) is 0 Å². The van der Waals surface area contributed by atoms with Gasteiger partial charge in [-0.15, -0.1) is 0 Å². The van der Waals surface area contributed by atoms with Crippen molar-refractivity contribution < 1.29 is 0 Å². The number of anilines is 1. The van der Waals surface area contributed by atoms with Crippen molar-refractivity contribution in [1.29, 1.82) is 0 Å². The number of benzene rings is 1. The predicted molar refractivity (Wildman–Crippen MR) is 110 cm³/mol. The molecule has 0 aromatic heterocycles. The van der Waals surface area contributed by atoms with Crippen LogP contribution < -0.4 is 10.6 Å². The zero-order chi connectivity index (χ0) is 18.2. The molecule has 0 bridgehead atoms. The van der Waals surface area contributed by atoms with E-state index in [0.29, 0.717) is 6.04 Å². The summed E-state index contributed by atoms with van der Waals surface area (Å²) in [5, 5.41) is 6.52. The van der Waals surface area contributed by atoms with Crippen LogP contribution in [-0.4, -0.2) is 44.2 Å². The van der Waals surface area contributed by atoms with Gasteiger partial charge in [0.25, 0.3) is 0 Å². The van der Waals surface area contributed by atoms with Gasteiger partial charge in [-0.2, -0.15) is 0 Å². The van der Waals surface area contributed by atoms with Crippen molar-refractivity contribution >= 4 is 5.69 Å². The van der Waals surface area contributed by atoms with Gasteiger partial charge in [0, 0.05) is 24.8 Å². The minimum atomic E-state index is 0.699. The lowest BCUT2D eigenvalue weighted by atomic mass is 10.1. The second-order valence-corrected chi connectivity index (χ2v) is 6.52. The third kappa shape index (κ3) is 11.5. The third-order valence-corrected chi connectivity index (χ3v) is 4.28. The van der Waals surface area contributed by atoms with Gasteiger partial charge < -0.3 is 10.6 Å². The van der Waals surface area contributed by atoms with Crippen molar-refractivity contribution in [3.05, 3.63) is 29.8 Å². The van der Waals surface area contributed by atoms with Crippen LogP contribution in [0, 0.1) is 6.92 Å². The monoisotopic (exact) mass is 335 g/mol. The molecule has 0 heterocycles. The van der Waals surface area contributed by atoms with Crippen molar-refractivity contribution in [2.45, 2.75) is 66.3 Å². The summed E-state index contributed by atoms with van der Waals surface area (Å²) >= 11 is 0. The maximum atomic E-state index is 3.51. The molecule has 1 atom stereocenters. The fourth-order valence-corrected chi connectivity index (χ4v) is 2.64. The minimum absolute atomic E-state index is 0.699. The lowest BCUT2D eigenvalue weighted by Crippen LogP contribution is -2.36. The first-order valence-corrected chi connectivity index (χ1v) is 9.78. The van der Waals surface area contributed by atoms with E-state index < -0.39 is 0 Å². The predicted octanol–water partition coefficient (Wildman–Crippen LogP) is 4.92. The number of rotatable bonds is 11. The normalized spacial score (nSPS) is 11.8. The van der Waals surface area contributed by atoms with Gasteiger partial charge in [-0.1, -0.05) is 51.3 Å². The van der Waals surface area contributed by atoms with E-state index in [1.165, 1.54) is 36.9 Å². The molecule has 0 aliphatic rings. The van der Waals surface area contributed by atoms with Gasteiger partial charge >= 0.3 is 0 Å². The van der Waals surface area contributed by atoms with Gasteiger partial charge in [0.1, 0.15) is 0 Å². The fraction of sp³-hybridized carbons (Fsp3) is 0.714. The van der Waals surface area contributed by atoms with E-state index >= 15 is 0 Å². The van der Waals surface area contributed by atoms with E-state index in [4.69, 9.17) is 0 Å². The van der Waals surface area contributed by atoms with E-state index in [2.05, 4.69) is 74.4 Å². The van der Waals surface area contributed by atoms with E-state index in [0.717, 1.165) is 26.2 Å². The highest BCUT2D eigenvalue weighted by molar-refractivity contribution is 5.44. The highest BCUT2D eigenvalue weighted by Crippen LogP contribution is 2.10. The fourth-order valence-electron chi connectivity index (χ4n) is 2.64. The van der Waals surface area contributed by atoms with Crippen LogP contribution in [-0.2, 0) is 0 Å². The van der Waals surface area contributed by atoms with Crippen LogP contribution in [0.25, 0.3) is 0 Å². The van der Waals surface area contributed by atoms with Crippen molar-refractivity contribution in [1.82, 2.24) is 10.2 Å². The topological polar surface area (TPSA) is 27.3 Å². The number of hydrogen-bond donors (Lipinski definition) is 2. The van der Waals surface area contributed by atoms with Gasteiger partial charge in [-0.25, -0.2) is 0 Å². The van der Waals surface area contributed by atoms with Crippen molar-refractivity contribution in [2.24, 2.45) is 0 Å². The number of unbranched alkanes of at least 4 members (excludes halogenated alkanes) is 1. The van der Waals surface area contributed by atoms with Crippen molar-refractivity contribution in [2.75, 3.05) is 38.5 Å². The van der Waals surface area contributed by atoms with Gasteiger partial charge in [0.05, 0.1) is 0 Å². The Bertz CT molecular complexity index is 373. The zero-order valence-electron chi connectivity index (χ0n) is 17.0. The molecule has 0 saturated carbocycles. The van der Waals surface area contributed by atoms with Gasteiger partial charge in [-0.05, 0) is 59.0 Å². The van der Waals surface area contributed by atoms with Gasteiger partial charge in [0.2, 0.25) is 0 Å². The molecule has 0 amide bonds. The smallest absolute Gasteiger partial charge is 0.0340 e. The maximum Gasteiger partial charge on any atom is 0.0340 e. The maximum absolute atomic E-state index is 3.51. The quantitative estimate of drug-likeness (QED) is 0.601. The highest BCUT2D eigenvalue weighted by atomic mass is 15.2. The Balaban J connectivity index is 0.000000922. The minimum Gasteiger partial charge on any atom is -0.384 e. The zero-order valence-corrected chi connectivity index (χ0v) is 17.0. The second-order valence-electron chi connectivity index (χ2n) is 6.52. The summed E-state index contributed by atoms with van der Waals surface area (Å²) in [5.74, 6) is 0. The first kappa shape index (κ1) is 22.9. The molecular weight excluding hydrogens is 294 g/mol. The lowest BCUT2D eigenvalue weighted by molar-refractivity contribution is 0.215. The standard InChI is InChI=1S/C17H30N2.C4H11N/c1-5-7-8-16(4)19(6-2)14-13-18-17-11-9-15(3)10-12-17;1-3-4-5-2/h9-12,16,18H,5-8,13-14H2,1-4H3;5H,3-4H2,1-2H3. The summed E-state index contributed by atoms with van der Waals surface area (Å²) in [6, 6.07) is 9.33. The number of nitrogens with one attached hydrogen (secondary N) is 2. The summed E-state index contributed by atoms with van der Waals surface area (Å²) in [6.07, 6.45) is 5.18. The Morgan fingerprint density at radius 2 is 1.67 bits per heavy atom. The van der Waals surface area contributed by atoms with Crippen LogP contribution in [0.2, 0.25) is 0 Å². The van der Waals surface area contributed by atoms with Crippen LogP contribution in [0.15, 0.2) is 24.3 Å². The molecule has 1 rings (SSSR count). The number of likely N-dealkylation sites (N-methyl/N-ethyl adjacent to an activating group) is 1. The van der Waals surface area contributed by atoms with E-state index in [9.17, 15) is 0 Å². The van der Waals surface area contributed by atoms with Crippen molar-refractivity contribution in [3.63, 3.8) is 0 Å². The van der Waals surface area contributed by atoms with Gasteiger partial charge in [-0.3, -0.25) is 4.90 Å². The third-order valence-electron chi connectivity index (χ3n) is 4.28. The Kier molecular flexibility index (Phi) is 14.8. The summed E-state index contributed by atoms with van der Waals surface area (Å²) in [5.41, 5.74) is 2.54. The molecular formula is C21H41N3. The first-order chi connectivity index (χ1) is 11.6. The molecule has 1 aromatic rings. The number of hydrogen-bond acceptors (Lipinski definition) is 3. The van der Waals surface area contributed by atoms with E-state index in [1.54, 1.807) is 0 Å². The molecule has 3 heteroatoms. The molecule has 24 heavy (non-hydrogen) atoms. The average molecular weight is 336 g/mol. The van der Waals surface area contributed by atoms with Gasteiger partial charge in [0.15, 0.2) is 0 Å². The molecule has 2 N–H and O–H groups in total. The van der Waals surface area contributed by atoms with Crippen LogP contribution in [0.3, 0.4) is 0 Å². The molecule has 3 nitrogen and oxygen atoms in total. The molecule has 1 aromatic carbocycles. The Morgan fingerprint density at radius 1 is 1.00 bits per heavy atom. The number of nitrogens with zero attached hydrogens (tertiary/aromatic N) is 1. The summed E-state index contributed by atoms with van der Waals surface area (Å²) < 4.78 is 0. The Hall–Kier alpha value is -1.06. The summed E-state index contributed by atoms with van der Waals surface area (Å²) in [7, 11) is 1.96. The van der Waals surface area contributed by atoms with Crippen molar-refractivity contribution in [3.8, 4) is 0 Å². The van der Waals surface area contributed by atoms with Crippen LogP contribution >= 0.6 is 0 Å². The van der Waals surface area contributed by atoms with E-state index in [1.807, 2.05) is 7.05 Å². The van der Waals surface area contributed by atoms with Crippen LogP contribution in [0.1, 0.15) is 58.9 Å². The first-order valence-electron chi connectivity index (χ1n) is 9.78. The number of aryl methyl sites for hydroxylation is 1. The molecule has 0 radical (unpaired) electrons. The molecule has 1 unspecified atom stereocenters. The summed E-state index contributed by atoms with van der Waals surface area (Å²) in [6.45, 7) is 15.6. The average Bonchev–Trinajstić information content (AvgIpc) is 2.59. The molecule has 0 saturated heterocycles. The Labute approximate surface area is 151 Å². The highest BCUT2D eigenvalue weighted by Gasteiger charge is 2.10. The largest absolute Gasteiger partial charge is 0.384 e. The molecule has 0 spiro atoms. The van der Waals surface area contributed by atoms with Crippen LogP contribution in [0.4, 0.5) is 5.69 Å². The molecule has 0 fully saturated rings. The molecule has 0 aliphatic heterocycles. The van der Waals surface area contributed by atoms with Crippen LogP contribution in [0.5, 0.6) is 0 Å². The molecule has 0 aliphatic carbocycles. The second kappa shape index (κ2) is 15.5.